The van der Waals surface area contributed by atoms with E-state index in [-0.39, 0.29) is 52.8 Å². The number of hydrogen-bond donors (Lipinski definition) is 2. The van der Waals surface area contributed by atoms with Crippen molar-refractivity contribution in [1.29, 1.82) is 0 Å². The number of hydrogen-bond acceptors (Lipinski definition) is 11. The van der Waals surface area contributed by atoms with Gasteiger partial charge in [0.1, 0.15) is 30.3 Å². The minimum atomic E-state index is -2.90. The summed E-state index contributed by atoms with van der Waals surface area (Å²) in [7, 11) is 1.40. The first-order valence-corrected chi connectivity index (χ1v) is 23.5. The lowest BCUT2D eigenvalue weighted by molar-refractivity contribution is -0.138. The quantitative estimate of drug-likeness (QED) is 0.132. The number of anilines is 1. The van der Waals surface area contributed by atoms with E-state index >= 15 is 9.59 Å². The first-order valence-electron chi connectivity index (χ1n) is 20.6. The van der Waals surface area contributed by atoms with Gasteiger partial charge in [0.15, 0.2) is 19.7 Å². The average molecular weight is 803 g/mol. The van der Waals surface area contributed by atoms with Crippen molar-refractivity contribution in [2.45, 2.75) is 89.1 Å². The van der Waals surface area contributed by atoms with Crippen LogP contribution in [0, 0.1) is 17.8 Å². The van der Waals surface area contributed by atoms with Gasteiger partial charge >= 0.3 is 0 Å². The summed E-state index contributed by atoms with van der Waals surface area (Å²) in [6, 6.07) is 20.9. The Labute approximate surface area is 341 Å². The molecule has 6 atom stereocenters. The van der Waals surface area contributed by atoms with Crippen molar-refractivity contribution in [1.82, 2.24) is 10.1 Å². The molecule has 1 saturated carbocycles. The predicted octanol–water partition coefficient (Wildman–Crippen LogP) is 7.96. The highest BCUT2D eigenvalue weighted by atomic mass is 28.4. The number of nitrogens with two attached hydrogens (primary N) is 1. The van der Waals surface area contributed by atoms with Gasteiger partial charge in [-0.25, -0.2) is 0 Å². The molecular formula is C46H54N4O7Si. The number of carbonyl (C=O) groups is 2. The molecule has 0 amide bonds. The van der Waals surface area contributed by atoms with Crippen LogP contribution in [-0.2, 0) is 28.9 Å². The van der Waals surface area contributed by atoms with Gasteiger partial charge in [-0.1, -0.05) is 81.4 Å². The van der Waals surface area contributed by atoms with E-state index in [0.29, 0.717) is 30.1 Å². The summed E-state index contributed by atoms with van der Waals surface area (Å²) < 4.78 is 25.9. The van der Waals surface area contributed by atoms with Gasteiger partial charge in [-0.15, -0.1) is 0 Å². The Morgan fingerprint density at radius 2 is 1.62 bits per heavy atom. The molecule has 304 valence electrons. The molecule has 0 radical (unpaired) electrons. The number of likely N-dealkylation sites (tertiary alicyclic amines) is 1. The average Bonchev–Trinajstić information content (AvgIpc) is 3.79. The first-order chi connectivity index (χ1) is 27.6. The molecule has 3 aromatic carbocycles. The smallest absolute Gasteiger partial charge is 0.265 e. The van der Waals surface area contributed by atoms with Crippen LogP contribution in [0.25, 0.3) is 5.76 Å². The lowest BCUT2D eigenvalue weighted by Crippen LogP contribution is -2.68. The number of fused-ring (bicyclic) bond motifs is 8. The Morgan fingerprint density at radius 1 is 0.966 bits per heavy atom. The van der Waals surface area contributed by atoms with E-state index in [1.807, 2.05) is 73.8 Å². The summed E-state index contributed by atoms with van der Waals surface area (Å²) in [6.07, 6.45) is 1.87. The van der Waals surface area contributed by atoms with E-state index in [2.05, 4.69) is 55.9 Å². The Balaban J connectivity index is 1.21. The van der Waals surface area contributed by atoms with E-state index in [0.717, 1.165) is 41.9 Å². The van der Waals surface area contributed by atoms with Crippen molar-refractivity contribution >= 4 is 31.3 Å². The van der Waals surface area contributed by atoms with Crippen LogP contribution in [0.15, 0.2) is 76.8 Å². The third-order valence-electron chi connectivity index (χ3n) is 14.0. The number of rotatable bonds is 8. The lowest BCUT2D eigenvalue weighted by atomic mass is 9.57. The van der Waals surface area contributed by atoms with Crippen LogP contribution in [0.4, 0.5) is 5.69 Å². The second kappa shape index (κ2) is 13.9. The molecule has 2 unspecified atom stereocenters. The van der Waals surface area contributed by atoms with Gasteiger partial charge in [-0.2, -0.15) is 0 Å². The van der Waals surface area contributed by atoms with Crippen LogP contribution in [0.2, 0.25) is 18.1 Å². The minimum absolute atomic E-state index is 0.0271. The van der Waals surface area contributed by atoms with Crippen LogP contribution in [0.3, 0.4) is 0 Å². The van der Waals surface area contributed by atoms with Crippen molar-refractivity contribution in [2.75, 3.05) is 32.1 Å². The lowest BCUT2D eigenvalue weighted by Gasteiger charge is -2.54. The molecule has 2 aliphatic heterocycles. The number of nitrogens with zero attached hydrogens (tertiary/aromatic N) is 3. The van der Waals surface area contributed by atoms with Crippen molar-refractivity contribution in [3.63, 3.8) is 0 Å². The third kappa shape index (κ3) is 5.89. The van der Waals surface area contributed by atoms with Crippen molar-refractivity contribution in [3.05, 3.63) is 111 Å². The van der Waals surface area contributed by atoms with Gasteiger partial charge in [-0.05, 0) is 96.3 Å². The Hall–Kier alpha value is -4.75. The highest BCUT2D eigenvalue weighted by Crippen LogP contribution is 2.59. The molecule has 0 bridgehead atoms. The number of aromatic nitrogens is 1. The summed E-state index contributed by atoms with van der Waals surface area (Å²) in [5.74, 6) is -1.39. The van der Waals surface area contributed by atoms with E-state index < -0.39 is 43.4 Å². The maximum absolute atomic E-state index is 15.8. The van der Waals surface area contributed by atoms with Gasteiger partial charge in [0.05, 0.1) is 11.6 Å². The molecule has 12 heteroatoms. The summed E-state index contributed by atoms with van der Waals surface area (Å²) in [5, 5.41) is 16.6. The number of ketones is 2. The zero-order valence-corrected chi connectivity index (χ0v) is 35.5. The van der Waals surface area contributed by atoms with Gasteiger partial charge in [0.25, 0.3) is 5.88 Å². The summed E-state index contributed by atoms with van der Waals surface area (Å²) in [5.41, 5.74) is 10.9. The molecule has 1 saturated heterocycles. The summed E-state index contributed by atoms with van der Waals surface area (Å²) in [4.78, 5) is 36.0. The number of ether oxygens (including phenoxy) is 2. The Bertz CT molecular complexity index is 2320. The van der Waals surface area contributed by atoms with Crippen LogP contribution in [0.5, 0.6) is 11.6 Å². The normalized spacial score (nSPS) is 26.7. The van der Waals surface area contributed by atoms with E-state index in [9.17, 15) is 5.11 Å². The van der Waals surface area contributed by atoms with Crippen LogP contribution < -0.4 is 20.1 Å². The summed E-state index contributed by atoms with van der Waals surface area (Å²) >= 11 is 0. The number of benzene rings is 3. The fourth-order valence-corrected chi connectivity index (χ4v) is 11.6. The van der Waals surface area contributed by atoms with Gasteiger partial charge in [0.2, 0.25) is 11.6 Å². The SMILES string of the molecule is CN1CC2CCN(C)C2c2cc(OCc3ccccc3)c3c(c21)C[C@H]1C[C@H]2[C@H](N)c4onc(OCc5ccccc5)c4C(=O)[C@@]2(O[Si](C)(C)C(C)(C)C)C(=O)C1=C3O. The zero-order chi connectivity index (χ0) is 40.9. The first kappa shape index (κ1) is 38.7. The second-order valence-corrected chi connectivity index (χ2v) is 23.3. The second-order valence-electron chi connectivity index (χ2n) is 18.6. The van der Waals surface area contributed by atoms with E-state index in [1.54, 1.807) is 0 Å². The minimum Gasteiger partial charge on any atom is -0.507 e. The molecule has 3 heterocycles. The summed E-state index contributed by atoms with van der Waals surface area (Å²) in [6.45, 7) is 12.6. The largest absolute Gasteiger partial charge is 0.507 e. The number of carbonyl (C=O) groups excluding carboxylic acids is 2. The van der Waals surface area contributed by atoms with E-state index in [1.165, 1.54) is 5.56 Å². The fraction of sp³-hybridized carbons (Fsp3) is 0.457. The van der Waals surface area contributed by atoms with Gasteiger partial charge < -0.3 is 34.2 Å². The molecule has 4 aromatic rings. The zero-order valence-electron chi connectivity index (χ0n) is 34.5. The molecule has 3 aliphatic carbocycles. The van der Waals surface area contributed by atoms with Crippen LogP contribution >= 0.6 is 0 Å². The number of aliphatic hydroxyl groups is 1. The molecule has 3 N–H and O–H groups in total. The van der Waals surface area contributed by atoms with Crippen LogP contribution in [-0.4, -0.2) is 67.8 Å². The predicted molar refractivity (Wildman–Crippen MR) is 223 cm³/mol. The molecule has 58 heavy (non-hydrogen) atoms. The highest BCUT2D eigenvalue weighted by Gasteiger charge is 2.68. The molecule has 2 fully saturated rings. The standard InChI is InChI=1S/C46H54N4O7Si/c1-45(2,3)58(6,7)57-46-32(37(47)41-36(43(46)53)44(48-56-41)55-25-27-16-12-9-13-17-27)21-29-20-30-35(40(51)34(29)42(46)52)33(54-24-26-14-10-8-11-15-26)22-31-38-28(18-19-49(38)4)23-50(5)39(30)31/h8-17,22,28-29,32,37-38,51H,18-21,23-25,47H2,1-7H3/t28?,29-,32-,37-,38?,46-/m0/s1. The Kier molecular flexibility index (Phi) is 9.31. The molecule has 5 aliphatic rings. The fourth-order valence-electron chi connectivity index (χ4n) is 10.2. The Morgan fingerprint density at radius 3 is 2.28 bits per heavy atom. The van der Waals surface area contributed by atoms with E-state index in [4.69, 9.17) is 24.2 Å². The van der Waals surface area contributed by atoms with Crippen molar-refractivity contribution in [2.24, 2.45) is 23.5 Å². The van der Waals surface area contributed by atoms with Crippen LogP contribution in [0.1, 0.15) is 89.6 Å². The molecule has 0 spiro atoms. The number of aliphatic hydroxyl groups excluding tert-OH is 1. The molecular weight excluding hydrogens is 749 g/mol. The molecule has 1 aromatic heterocycles. The third-order valence-corrected chi connectivity index (χ3v) is 18.5. The highest BCUT2D eigenvalue weighted by molar-refractivity contribution is 6.74. The maximum atomic E-state index is 15.8. The maximum Gasteiger partial charge on any atom is 0.265 e. The number of Topliss-reactive ketones (excluding diaryl/α,β-unsaturated/α-hetero) is 2. The monoisotopic (exact) mass is 802 g/mol. The van der Waals surface area contributed by atoms with Crippen molar-refractivity contribution in [3.8, 4) is 11.6 Å². The molecule has 9 rings (SSSR count). The van der Waals surface area contributed by atoms with Gasteiger partial charge in [0, 0.05) is 36.8 Å². The van der Waals surface area contributed by atoms with Gasteiger partial charge in [-0.3, -0.25) is 14.5 Å². The molecule has 11 nitrogen and oxygen atoms in total. The topological polar surface area (TPSA) is 141 Å². The van der Waals surface area contributed by atoms with Crippen molar-refractivity contribution < 1.29 is 33.1 Å².